The maximum Gasteiger partial charge on any atom is 0.124 e. The first-order valence-corrected chi connectivity index (χ1v) is 7.25. The molecule has 1 aliphatic rings. The van der Waals surface area contributed by atoms with Crippen molar-refractivity contribution in [3.63, 3.8) is 0 Å². The highest BCUT2D eigenvalue weighted by atomic mass is 79.9. The van der Waals surface area contributed by atoms with E-state index in [1.165, 1.54) is 16.8 Å². The van der Waals surface area contributed by atoms with E-state index in [4.69, 9.17) is 4.74 Å². The molecular weight excluding hydrogens is 302 g/mol. The first kappa shape index (κ1) is 12.5. The van der Waals surface area contributed by atoms with Gasteiger partial charge in [-0.15, -0.1) is 0 Å². The molecule has 0 saturated carbocycles. The highest BCUT2D eigenvalue weighted by Crippen LogP contribution is 2.37. The Hall–Kier alpha value is -1.48. The molecule has 1 atom stereocenters. The third-order valence-electron chi connectivity index (χ3n) is 3.62. The fraction of sp³-hybridized carbons (Fsp3) is 0.250. The van der Waals surface area contributed by atoms with Crippen molar-refractivity contribution in [2.75, 3.05) is 12.4 Å². The van der Waals surface area contributed by atoms with Gasteiger partial charge in [0.1, 0.15) is 5.75 Å². The summed E-state index contributed by atoms with van der Waals surface area (Å²) in [5.74, 6) is 0.957. The maximum absolute atomic E-state index is 5.46. The van der Waals surface area contributed by atoms with Gasteiger partial charge < -0.3 is 10.1 Å². The lowest BCUT2D eigenvalue weighted by Crippen LogP contribution is -2.18. The van der Waals surface area contributed by atoms with Crippen molar-refractivity contribution in [2.45, 2.75) is 18.9 Å². The van der Waals surface area contributed by atoms with Crippen LogP contribution in [0.15, 0.2) is 46.9 Å². The molecule has 2 aromatic carbocycles. The molecule has 0 amide bonds. The summed E-state index contributed by atoms with van der Waals surface area (Å²) in [7, 11) is 1.73. The van der Waals surface area contributed by atoms with Crippen LogP contribution in [-0.4, -0.2) is 7.11 Å². The first-order valence-electron chi connectivity index (χ1n) is 6.46. The van der Waals surface area contributed by atoms with Crippen LogP contribution < -0.4 is 10.1 Å². The average Bonchev–Trinajstić information content (AvgIpc) is 2.46. The topological polar surface area (TPSA) is 21.3 Å². The van der Waals surface area contributed by atoms with E-state index in [1.807, 2.05) is 12.1 Å². The van der Waals surface area contributed by atoms with Crippen LogP contribution in [0, 0.1) is 0 Å². The number of fused-ring (bicyclic) bond motifs is 1. The zero-order valence-corrected chi connectivity index (χ0v) is 12.4. The van der Waals surface area contributed by atoms with Crippen LogP contribution in [0.25, 0.3) is 0 Å². The van der Waals surface area contributed by atoms with Crippen molar-refractivity contribution in [3.8, 4) is 5.75 Å². The molecule has 1 heterocycles. The van der Waals surface area contributed by atoms with Crippen molar-refractivity contribution >= 4 is 21.6 Å². The van der Waals surface area contributed by atoms with Crippen LogP contribution in [0.5, 0.6) is 5.75 Å². The molecule has 0 fully saturated rings. The summed E-state index contributed by atoms with van der Waals surface area (Å²) in [5, 5.41) is 3.62. The second kappa shape index (κ2) is 5.25. The smallest absolute Gasteiger partial charge is 0.124 e. The second-order valence-electron chi connectivity index (χ2n) is 4.78. The van der Waals surface area contributed by atoms with Crippen LogP contribution >= 0.6 is 15.9 Å². The lowest BCUT2D eigenvalue weighted by atomic mass is 9.93. The summed E-state index contributed by atoms with van der Waals surface area (Å²) < 4.78 is 6.57. The largest absolute Gasteiger partial charge is 0.496 e. The SMILES string of the molecule is COc1ccccc1C1CCc2ccc(Br)cc2N1. The number of anilines is 1. The summed E-state index contributed by atoms with van der Waals surface area (Å²) in [4.78, 5) is 0. The Bertz CT molecular complexity index is 597. The third-order valence-corrected chi connectivity index (χ3v) is 4.11. The number of aryl methyl sites for hydroxylation is 1. The molecule has 0 saturated heterocycles. The molecule has 1 N–H and O–H groups in total. The molecule has 2 aromatic rings. The Kier molecular flexibility index (Phi) is 3.47. The monoisotopic (exact) mass is 317 g/mol. The summed E-state index contributed by atoms with van der Waals surface area (Å²) in [6, 6.07) is 15.0. The molecule has 2 nitrogen and oxygen atoms in total. The predicted molar refractivity (Wildman–Crippen MR) is 81.8 cm³/mol. The molecule has 0 aliphatic carbocycles. The van der Waals surface area contributed by atoms with E-state index in [1.54, 1.807) is 7.11 Å². The van der Waals surface area contributed by atoms with E-state index >= 15 is 0 Å². The normalized spacial score (nSPS) is 17.5. The van der Waals surface area contributed by atoms with Crippen LogP contribution in [0.1, 0.15) is 23.6 Å². The fourth-order valence-corrected chi connectivity index (χ4v) is 3.01. The van der Waals surface area contributed by atoms with E-state index in [2.05, 4.69) is 51.6 Å². The Balaban J connectivity index is 1.93. The molecule has 1 aliphatic heterocycles. The molecule has 0 spiro atoms. The van der Waals surface area contributed by atoms with Gasteiger partial charge in [-0.25, -0.2) is 0 Å². The molecule has 98 valence electrons. The highest BCUT2D eigenvalue weighted by Gasteiger charge is 2.21. The van der Waals surface area contributed by atoms with Crippen LogP contribution in [-0.2, 0) is 6.42 Å². The van der Waals surface area contributed by atoms with Gasteiger partial charge in [-0.3, -0.25) is 0 Å². The summed E-state index contributed by atoms with van der Waals surface area (Å²) in [6.07, 6.45) is 2.19. The number of rotatable bonds is 2. The number of para-hydroxylation sites is 1. The minimum atomic E-state index is 0.318. The van der Waals surface area contributed by atoms with Gasteiger partial charge in [-0.1, -0.05) is 40.2 Å². The van der Waals surface area contributed by atoms with Crippen LogP contribution in [0.4, 0.5) is 5.69 Å². The molecule has 3 heteroatoms. The van der Waals surface area contributed by atoms with Gasteiger partial charge in [-0.05, 0) is 36.6 Å². The predicted octanol–water partition coefficient (Wildman–Crippen LogP) is 4.56. The van der Waals surface area contributed by atoms with Gasteiger partial charge in [0.15, 0.2) is 0 Å². The van der Waals surface area contributed by atoms with E-state index in [0.717, 1.165) is 23.1 Å². The van der Waals surface area contributed by atoms with Gasteiger partial charge in [0, 0.05) is 15.7 Å². The van der Waals surface area contributed by atoms with E-state index < -0.39 is 0 Å². The number of ether oxygens (including phenoxy) is 1. The molecule has 1 unspecified atom stereocenters. The Morgan fingerprint density at radius 3 is 2.89 bits per heavy atom. The number of hydrogen-bond donors (Lipinski definition) is 1. The minimum absolute atomic E-state index is 0.318. The van der Waals surface area contributed by atoms with Crippen molar-refractivity contribution in [1.82, 2.24) is 0 Å². The highest BCUT2D eigenvalue weighted by molar-refractivity contribution is 9.10. The number of nitrogens with one attached hydrogen (secondary N) is 1. The van der Waals surface area contributed by atoms with Crippen molar-refractivity contribution in [2.24, 2.45) is 0 Å². The summed E-state index contributed by atoms with van der Waals surface area (Å²) in [6.45, 7) is 0. The Morgan fingerprint density at radius 2 is 2.05 bits per heavy atom. The average molecular weight is 318 g/mol. The molecule has 0 bridgehead atoms. The third kappa shape index (κ3) is 2.47. The standard InChI is InChI=1S/C16H16BrNO/c1-19-16-5-3-2-4-13(16)14-9-7-11-6-8-12(17)10-15(11)18-14/h2-6,8,10,14,18H,7,9H2,1H3. The summed E-state index contributed by atoms with van der Waals surface area (Å²) >= 11 is 3.53. The van der Waals surface area contributed by atoms with Gasteiger partial charge >= 0.3 is 0 Å². The lowest BCUT2D eigenvalue weighted by Gasteiger charge is -2.28. The van der Waals surface area contributed by atoms with Gasteiger partial charge in [0.25, 0.3) is 0 Å². The first-order chi connectivity index (χ1) is 9.28. The number of hydrogen-bond acceptors (Lipinski definition) is 2. The fourth-order valence-electron chi connectivity index (χ4n) is 2.65. The number of benzene rings is 2. The van der Waals surface area contributed by atoms with Crippen molar-refractivity contribution < 1.29 is 4.74 Å². The van der Waals surface area contributed by atoms with E-state index in [0.29, 0.717) is 6.04 Å². The Morgan fingerprint density at radius 1 is 1.21 bits per heavy atom. The van der Waals surface area contributed by atoms with Crippen LogP contribution in [0.2, 0.25) is 0 Å². The van der Waals surface area contributed by atoms with Gasteiger partial charge in [0.05, 0.1) is 13.2 Å². The molecule has 0 radical (unpaired) electrons. The summed E-state index contributed by atoms with van der Waals surface area (Å²) in [5.41, 5.74) is 3.83. The van der Waals surface area contributed by atoms with Gasteiger partial charge in [-0.2, -0.15) is 0 Å². The zero-order chi connectivity index (χ0) is 13.2. The lowest BCUT2D eigenvalue weighted by molar-refractivity contribution is 0.405. The van der Waals surface area contributed by atoms with E-state index in [-0.39, 0.29) is 0 Å². The van der Waals surface area contributed by atoms with Gasteiger partial charge in [0.2, 0.25) is 0 Å². The molecule has 0 aromatic heterocycles. The van der Waals surface area contributed by atoms with Crippen molar-refractivity contribution in [1.29, 1.82) is 0 Å². The minimum Gasteiger partial charge on any atom is -0.496 e. The quantitative estimate of drug-likeness (QED) is 0.876. The number of methoxy groups -OCH3 is 1. The number of halogens is 1. The van der Waals surface area contributed by atoms with Crippen molar-refractivity contribution in [3.05, 3.63) is 58.1 Å². The maximum atomic E-state index is 5.46. The zero-order valence-electron chi connectivity index (χ0n) is 10.8. The second-order valence-corrected chi connectivity index (χ2v) is 5.69. The molecule has 19 heavy (non-hydrogen) atoms. The van der Waals surface area contributed by atoms with E-state index in [9.17, 15) is 0 Å². The van der Waals surface area contributed by atoms with Crippen LogP contribution in [0.3, 0.4) is 0 Å². The Labute approximate surface area is 121 Å². The molecular formula is C16H16BrNO. The molecule has 3 rings (SSSR count).